The fourth-order valence-electron chi connectivity index (χ4n) is 1.62. The van der Waals surface area contributed by atoms with E-state index in [1.54, 1.807) is 6.92 Å². The molecule has 0 aliphatic carbocycles. The van der Waals surface area contributed by atoms with E-state index in [-0.39, 0.29) is 18.4 Å². The van der Waals surface area contributed by atoms with Crippen molar-refractivity contribution in [1.29, 1.82) is 5.41 Å². The zero-order chi connectivity index (χ0) is 13.1. The lowest BCUT2D eigenvalue weighted by Gasteiger charge is -1.98. The quantitative estimate of drug-likeness (QED) is 0.502. The molecule has 2 rings (SSSR count). The van der Waals surface area contributed by atoms with Crippen molar-refractivity contribution in [1.82, 2.24) is 9.78 Å². The smallest absolute Gasteiger partial charge is 0.213 e. The van der Waals surface area contributed by atoms with Crippen LogP contribution in [0.1, 0.15) is 11.4 Å². The molecular weight excluding hydrogens is 264 g/mol. The number of hydrogen-bond acceptors (Lipinski definition) is 4. The van der Waals surface area contributed by atoms with Gasteiger partial charge in [-0.15, -0.1) is 17.5 Å². The van der Waals surface area contributed by atoms with Gasteiger partial charge in [0.05, 0.1) is 17.1 Å². The summed E-state index contributed by atoms with van der Waals surface area (Å²) in [5, 5.41) is 19.8. The lowest BCUT2D eigenvalue weighted by Crippen LogP contribution is -2.22. The summed E-state index contributed by atoms with van der Waals surface area (Å²) in [6.45, 7) is 3.62. The van der Waals surface area contributed by atoms with E-state index in [2.05, 4.69) is 15.3 Å². The summed E-state index contributed by atoms with van der Waals surface area (Å²) in [7, 11) is 0. The lowest BCUT2D eigenvalue weighted by atomic mass is 10.3. The Labute approximate surface area is 117 Å². The van der Waals surface area contributed by atoms with Crippen LogP contribution in [-0.2, 0) is 0 Å². The molecule has 0 bridgehead atoms. The first-order valence-corrected chi connectivity index (χ1v) is 5.47. The topological polar surface area (TPSA) is 92.4 Å². The number of nitrogens with two attached hydrogens (primary N) is 1. The summed E-state index contributed by atoms with van der Waals surface area (Å²) in [6, 6.07) is 9.44. The molecule has 0 unspecified atom stereocenters. The number of rotatable bonds is 2. The van der Waals surface area contributed by atoms with Crippen LogP contribution in [0.25, 0.3) is 0 Å². The predicted octanol–water partition coefficient (Wildman–Crippen LogP) is 3.08. The maximum atomic E-state index is 7.39. The summed E-state index contributed by atoms with van der Waals surface area (Å²) in [6.07, 6.45) is 0. The van der Waals surface area contributed by atoms with Gasteiger partial charge in [-0.05, 0) is 26.0 Å². The maximum absolute atomic E-state index is 7.39. The molecule has 0 aliphatic rings. The third kappa shape index (κ3) is 3.17. The Balaban J connectivity index is 0.00000180. The Bertz CT molecular complexity index is 602. The zero-order valence-corrected chi connectivity index (χ0v) is 11.5. The molecule has 1 aromatic carbocycles. The summed E-state index contributed by atoms with van der Waals surface area (Å²) < 4.78 is 1.34. The second-order valence-electron chi connectivity index (χ2n) is 3.85. The van der Waals surface area contributed by atoms with E-state index < -0.39 is 0 Å². The molecule has 0 aliphatic heterocycles. The molecule has 6 nitrogen and oxygen atoms in total. The van der Waals surface area contributed by atoms with Gasteiger partial charge in [0.15, 0.2) is 0 Å². The van der Waals surface area contributed by atoms with E-state index in [4.69, 9.17) is 11.1 Å². The fraction of sp³-hybridized carbons (Fsp3) is 0.167. The average molecular weight is 279 g/mol. The highest BCUT2D eigenvalue weighted by atomic mass is 35.5. The zero-order valence-electron chi connectivity index (χ0n) is 10.7. The number of nitrogens with zero attached hydrogens (tertiary/aromatic N) is 4. The number of benzene rings is 1. The van der Waals surface area contributed by atoms with Crippen molar-refractivity contribution >= 4 is 29.7 Å². The van der Waals surface area contributed by atoms with Crippen molar-refractivity contribution in [3.8, 4) is 0 Å². The molecule has 100 valence electrons. The number of nitrogen functional groups attached to an aromatic ring is 1. The molecule has 0 fully saturated rings. The van der Waals surface area contributed by atoms with Crippen LogP contribution >= 0.6 is 12.4 Å². The number of halogens is 1. The molecule has 19 heavy (non-hydrogen) atoms. The van der Waals surface area contributed by atoms with Gasteiger partial charge in [-0.2, -0.15) is 10.2 Å². The Kier molecular flexibility index (Phi) is 4.77. The molecule has 1 heterocycles. The molecule has 0 atom stereocenters. The van der Waals surface area contributed by atoms with Gasteiger partial charge in [0, 0.05) is 0 Å². The number of aryl methyl sites for hydroxylation is 1. The molecule has 2 aromatic rings. The second-order valence-corrected chi connectivity index (χ2v) is 3.85. The van der Waals surface area contributed by atoms with E-state index in [0.29, 0.717) is 17.1 Å². The van der Waals surface area contributed by atoms with Gasteiger partial charge in [0.2, 0.25) is 5.96 Å². The molecular formula is C12H15ClN6. The van der Waals surface area contributed by atoms with Crippen LogP contribution in [0.2, 0.25) is 0 Å². The van der Waals surface area contributed by atoms with Crippen LogP contribution in [0.4, 0.5) is 11.4 Å². The Hall–Kier alpha value is -2.21. The molecule has 0 amide bonds. The Morgan fingerprint density at radius 2 is 1.84 bits per heavy atom. The molecule has 0 saturated carbocycles. The third-order valence-corrected chi connectivity index (χ3v) is 2.50. The largest absolute Gasteiger partial charge is 0.368 e. The maximum Gasteiger partial charge on any atom is 0.213 e. The summed E-state index contributed by atoms with van der Waals surface area (Å²) in [5.41, 5.74) is 8.24. The molecule has 7 heteroatoms. The van der Waals surface area contributed by atoms with Gasteiger partial charge >= 0.3 is 0 Å². The SMILES string of the molecule is Cc1nn(C(=N)N)c(C)c1/N=N/c1ccccc1.Cl. The monoisotopic (exact) mass is 278 g/mol. The third-order valence-electron chi connectivity index (χ3n) is 2.50. The minimum Gasteiger partial charge on any atom is -0.368 e. The highest BCUT2D eigenvalue weighted by molar-refractivity contribution is 5.85. The number of azo groups is 1. The normalized spacial score (nSPS) is 10.4. The van der Waals surface area contributed by atoms with Crippen LogP contribution in [-0.4, -0.2) is 15.7 Å². The van der Waals surface area contributed by atoms with Crippen LogP contribution in [0, 0.1) is 19.3 Å². The second kappa shape index (κ2) is 6.10. The van der Waals surface area contributed by atoms with Crippen LogP contribution < -0.4 is 5.73 Å². The molecule has 0 radical (unpaired) electrons. The van der Waals surface area contributed by atoms with E-state index in [0.717, 1.165) is 5.69 Å². The van der Waals surface area contributed by atoms with Gasteiger partial charge < -0.3 is 5.73 Å². The van der Waals surface area contributed by atoms with Crippen molar-refractivity contribution in [2.24, 2.45) is 16.0 Å². The first kappa shape index (κ1) is 14.8. The number of aromatic nitrogens is 2. The first-order valence-electron chi connectivity index (χ1n) is 5.47. The van der Waals surface area contributed by atoms with E-state index >= 15 is 0 Å². The van der Waals surface area contributed by atoms with Crippen LogP contribution in [0.5, 0.6) is 0 Å². The molecule has 3 N–H and O–H groups in total. The van der Waals surface area contributed by atoms with Crippen LogP contribution in [0.15, 0.2) is 40.6 Å². The highest BCUT2D eigenvalue weighted by Gasteiger charge is 2.12. The fourth-order valence-corrected chi connectivity index (χ4v) is 1.62. The van der Waals surface area contributed by atoms with Crippen molar-refractivity contribution in [2.45, 2.75) is 13.8 Å². The Morgan fingerprint density at radius 3 is 2.37 bits per heavy atom. The van der Waals surface area contributed by atoms with Gasteiger partial charge in [-0.1, -0.05) is 18.2 Å². The van der Waals surface area contributed by atoms with E-state index in [1.165, 1.54) is 4.68 Å². The standard InChI is InChI=1S/C12H14N6.ClH/c1-8-11(9(2)18(17-8)12(13)14)16-15-10-6-4-3-5-7-10;/h3-7H,1-2H3,(H3,13,14);1H/b16-15+;. The molecule has 0 spiro atoms. The van der Waals surface area contributed by atoms with E-state index in [9.17, 15) is 0 Å². The van der Waals surface area contributed by atoms with Gasteiger partial charge in [-0.25, -0.2) is 4.68 Å². The first-order chi connectivity index (χ1) is 8.59. The minimum absolute atomic E-state index is 0. The van der Waals surface area contributed by atoms with Gasteiger partial charge in [-0.3, -0.25) is 5.41 Å². The van der Waals surface area contributed by atoms with Crippen LogP contribution in [0.3, 0.4) is 0 Å². The number of nitrogens with one attached hydrogen (secondary N) is 1. The summed E-state index contributed by atoms with van der Waals surface area (Å²) >= 11 is 0. The van der Waals surface area contributed by atoms with Crippen molar-refractivity contribution in [3.63, 3.8) is 0 Å². The van der Waals surface area contributed by atoms with Crippen molar-refractivity contribution in [3.05, 3.63) is 41.7 Å². The Morgan fingerprint density at radius 1 is 1.21 bits per heavy atom. The highest BCUT2D eigenvalue weighted by Crippen LogP contribution is 2.25. The number of hydrogen-bond donors (Lipinski definition) is 2. The lowest BCUT2D eigenvalue weighted by molar-refractivity contribution is 0.863. The summed E-state index contributed by atoms with van der Waals surface area (Å²) in [4.78, 5) is 0. The minimum atomic E-state index is -0.128. The van der Waals surface area contributed by atoms with Gasteiger partial charge in [0.1, 0.15) is 5.69 Å². The molecule has 0 saturated heterocycles. The summed E-state index contributed by atoms with van der Waals surface area (Å²) in [5.74, 6) is -0.128. The van der Waals surface area contributed by atoms with E-state index in [1.807, 2.05) is 37.3 Å². The molecule has 1 aromatic heterocycles. The van der Waals surface area contributed by atoms with Gasteiger partial charge in [0.25, 0.3) is 0 Å². The van der Waals surface area contributed by atoms with Crippen molar-refractivity contribution < 1.29 is 0 Å². The van der Waals surface area contributed by atoms with Crippen molar-refractivity contribution in [2.75, 3.05) is 0 Å². The predicted molar refractivity (Wildman–Crippen MR) is 76.9 cm³/mol. The average Bonchev–Trinajstić information content (AvgIpc) is 2.64.